The zero-order valence-corrected chi connectivity index (χ0v) is 15.8. The first-order valence-corrected chi connectivity index (χ1v) is 9.37. The van der Waals surface area contributed by atoms with Crippen molar-refractivity contribution in [2.45, 2.75) is 45.4 Å². The fourth-order valence-corrected chi connectivity index (χ4v) is 2.60. The Balaban J connectivity index is 1.78. The molecule has 0 heterocycles. The molecule has 0 aromatic heterocycles. The summed E-state index contributed by atoms with van der Waals surface area (Å²) in [6, 6.07) is 12.8. The lowest BCUT2D eigenvalue weighted by Crippen LogP contribution is -1.96. The Morgan fingerprint density at radius 3 is 2.31 bits per heavy atom. The number of aromatic hydroxyl groups is 1. The lowest BCUT2D eigenvalue weighted by Gasteiger charge is -2.06. The first kappa shape index (κ1) is 19.8. The van der Waals surface area contributed by atoms with Crippen LogP contribution in [0.5, 0.6) is 17.2 Å². The van der Waals surface area contributed by atoms with Gasteiger partial charge in [-0.25, -0.2) is 0 Å². The van der Waals surface area contributed by atoms with Gasteiger partial charge in [0.25, 0.3) is 0 Å². The number of rotatable bonds is 11. The summed E-state index contributed by atoms with van der Waals surface area (Å²) in [6.07, 6.45) is 9.20. The van der Waals surface area contributed by atoms with E-state index in [2.05, 4.69) is 11.9 Å². The lowest BCUT2D eigenvalue weighted by atomic mass is 10.1. The van der Waals surface area contributed by atoms with Crippen LogP contribution in [0.15, 0.2) is 47.5 Å². The number of methoxy groups -OCH3 is 1. The number of hydrogen-bond donors (Lipinski definition) is 1. The molecule has 0 spiro atoms. The first-order chi connectivity index (χ1) is 12.7. The van der Waals surface area contributed by atoms with Gasteiger partial charge in [0.2, 0.25) is 0 Å². The minimum Gasteiger partial charge on any atom is -0.507 e. The second-order valence-electron chi connectivity index (χ2n) is 6.29. The molecule has 0 aliphatic carbocycles. The van der Waals surface area contributed by atoms with Crippen molar-refractivity contribution in [3.63, 3.8) is 0 Å². The van der Waals surface area contributed by atoms with E-state index in [1.165, 1.54) is 32.1 Å². The number of hydrogen-bond acceptors (Lipinski definition) is 4. The molecule has 0 unspecified atom stereocenters. The molecule has 4 nitrogen and oxygen atoms in total. The molecular weight excluding hydrogens is 326 g/mol. The summed E-state index contributed by atoms with van der Waals surface area (Å²) < 4.78 is 10.8. The molecule has 2 aromatic rings. The van der Waals surface area contributed by atoms with Crippen molar-refractivity contribution in [3.8, 4) is 17.2 Å². The van der Waals surface area contributed by atoms with Gasteiger partial charge in [-0.2, -0.15) is 0 Å². The summed E-state index contributed by atoms with van der Waals surface area (Å²) in [5.41, 5.74) is 1.46. The highest BCUT2D eigenvalue weighted by molar-refractivity contribution is 5.85. The van der Waals surface area contributed by atoms with Crippen LogP contribution in [0.4, 0.5) is 5.69 Å². The molecule has 2 rings (SSSR count). The van der Waals surface area contributed by atoms with Crippen molar-refractivity contribution in [3.05, 3.63) is 48.0 Å². The van der Waals surface area contributed by atoms with E-state index in [4.69, 9.17) is 9.47 Å². The SMILES string of the molecule is CCCCCCCCOc1ccc(N=Cc2ccc(OC)cc2O)cc1. The first-order valence-electron chi connectivity index (χ1n) is 9.37. The van der Waals surface area contributed by atoms with Gasteiger partial charge in [-0.3, -0.25) is 4.99 Å². The van der Waals surface area contributed by atoms with Gasteiger partial charge in [0, 0.05) is 17.8 Å². The minimum atomic E-state index is 0.145. The normalized spacial score (nSPS) is 11.0. The van der Waals surface area contributed by atoms with E-state index in [0.29, 0.717) is 11.3 Å². The zero-order valence-electron chi connectivity index (χ0n) is 15.8. The molecule has 0 aliphatic heterocycles. The van der Waals surface area contributed by atoms with Crippen molar-refractivity contribution in [2.75, 3.05) is 13.7 Å². The fraction of sp³-hybridized carbons (Fsp3) is 0.409. The summed E-state index contributed by atoms with van der Waals surface area (Å²) >= 11 is 0. The molecule has 0 fully saturated rings. The predicted octanol–water partition coefficient (Wildman–Crippen LogP) is 5.89. The second kappa shape index (κ2) is 11.2. The fourth-order valence-electron chi connectivity index (χ4n) is 2.60. The Labute approximate surface area is 156 Å². The van der Waals surface area contributed by atoms with E-state index in [0.717, 1.165) is 24.5 Å². The molecule has 0 aliphatic rings. The van der Waals surface area contributed by atoms with Crippen LogP contribution in [0.1, 0.15) is 51.0 Å². The Hall–Kier alpha value is -2.49. The maximum absolute atomic E-state index is 9.94. The van der Waals surface area contributed by atoms with E-state index >= 15 is 0 Å². The van der Waals surface area contributed by atoms with Crippen molar-refractivity contribution in [1.29, 1.82) is 0 Å². The van der Waals surface area contributed by atoms with Crippen LogP contribution in [0.3, 0.4) is 0 Å². The molecule has 0 amide bonds. The van der Waals surface area contributed by atoms with Gasteiger partial charge >= 0.3 is 0 Å². The molecule has 0 radical (unpaired) electrons. The third kappa shape index (κ3) is 6.79. The summed E-state index contributed by atoms with van der Waals surface area (Å²) in [7, 11) is 1.57. The zero-order chi connectivity index (χ0) is 18.6. The van der Waals surface area contributed by atoms with E-state index in [-0.39, 0.29) is 5.75 Å². The van der Waals surface area contributed by atoms with E-state index in [9.17, 15) is 5.11 Å². The molecule has 4 heteroatoms. The maximum Gasteiger partial charge on any atom is 0.128 e. The number of nitrogens with zero attached hydrogens (tertiary/aromatic N) is 1. The molecule has 140 valence electrons. The number of phenolic OH excluding ortho intramolecular Hbond substituents is 1. The van der Waals surface area contributed by atoms with Crippen molar-refractivity contribution < 1.29 is 14.6 Å². The molecule has 0 bridgehead atoms. The smallest absolute Gasteiger partial charge is 0.128 e. The highest BCUT2D eigenvalue weighted by Gasteiger charge is 2.01. The Morgan fingerprint density at radius 2 is 1.62 bits per heavy atom. The van der Waals surface area contributed by atoms with Gasteiger partial charge in [-0.15, -0.1) is 0 Å². The van der Waals surface area contributed by atoms with Crippen molar-refractivity contribution >= 4 is 11.9 Å². The number of benzene rings is 2. The average molecular weight is 355 g/mol. The number of ether oxygens (including phenoxy) is 2. The minimum absolute atomic E-state index is 0.145. The van der Waals surface area contributed by atoms with Crippen molar-refractivity contribution in [2.24, 2.45) is 4.99 Å². The van der Waals surface area contributed by atoms with Crippen LogP contribution in [-0.4, -0.2) is 25.0 Å². The molecule has 0 saturated carbocycles. The average Bonchev–Trinajstić information content (AvgIpc) is 2.67. The topological polar surface area (TPSA) is 51.0 Å². The molecule has 0 saturated heterocycles. The third-order valence-electron chi connectivity index (χ3n) is 4.19. The number of unbranched alkanes of at least 4 members (excludes halogenated alkanes) is 5. The Morgan fingerprint density at radius 1 is 0.923 bits per heavy atom. The van der Waals surface area contributed by atoms with Gasteiger partial charge in [0.05, 0.1) is 19.4 Å². The van der Waals surface area contributed by atoms with Gasteiger partial charge in [-0.1, -0.05) is 39.0 Å². The maximum atomic E-state index is 9.94. The lowest BCUT2D eigenvalue weighted by molar-refractivity contribution is 0.304. The van der Waals surface area contributed by atoms with Crippen LogP contribution in [0.25, 0.3) is 0 Å². The summed E-state index contributed by atoms with van der Waals surface area (Å²) in [5.74, 6) is 1.63. The van der Waals surface area contributed by atoms with Gasteiger partial charge < -0.3 is 14.6 Å². The highest BCUT2D eigenvalue weighted by Crippen LogP contribution is 2.23. The summed E-state index contributed by atoms with van der Waals surface area (Å²) in [6.45, 7) is 2.99. The summed E-state index contributed by atoms with van der Waals surface area (Å²) in [5, 5.41) is 9.94. The van der Waals surface area contributed by atoms with Gasteiger partial charge in [0.1, 0.15) is 17.2 Å². The van der Waals surface area contributed by atoms with Crippen LogP contribution >= 0.6 is 0 Å². The Bertz CT molecular complexity index is 680. The molecule has 26 heavy (non-hydrogen) atoms. The van der Waals surface area contributed by atoms with Crippen LogP contribution in [0, 0.1) is 0 Å². The quantitative estimate of drug-likeness (QED) is 0.404. The highest BCUT2D eigenvalue weighted by atomic mass is 16.5. The van der Waals surface area contributed by atoms with Crippen molar-refractivity contribution in [1.82, 2.24) is 0 Å². The molecule has 0 atom stereocenters. The third-order valence-corrected chi connectivity index (χ3v) is 4.19. The van der Waals surface area contributed by atoms with E-state index in [1.807, 2.05) is 24.3 Å². The van der Waals surface area contributed by atoms with E-state index < -0.39 is 0 Å². The molecule has 2 aromatic carbocycles. The second-order valence-corrected chi connectivity index (χ2v) is 6.29. The predicted molar refractivity (Wildman–Crippen MR) is 107 cm³/mol. The van der Waals surface area contributed by atoms with Crippen LogP contribution < -0.4 is 9.47 Å². The van der Waals surface area contributed by atoms with Gasteiger partial charge in [-0.05, 0) is 42.8 Å². The molecule has 1 N–H and O–H groups in total. The van der Waals surface area contributed by atoms with Crippen LogP contribution in [0.2, 0.25) is 0 Å². The molecular formula is C22H29NO3. The monoisotopic (exact) mass is 355 g/mol. The Kier molecular flexibility index (Phi) is 8.53. The van der Waals surface area contributed by atoms with Gasteiger partial charge in [0.15, 0.2) is 0 Å². The summed E-state index contributed by atoms with van der Waals surface area (Å²) in [4.78, 5) is 4.39. The number of aliphatic imine (C=N–C) groups is 1. The standard InChI is InChI=1S/C22H29NO3/c1-3-4-5-6-7-8-15-26-20-13-10-19(11-14-20)23-17-18-9-12-21(25-2)16-22(18)24/h9-14,16-17,24H,3-8,15H2,1-2H3. The largest absolute Gasteiger partial charge is 0.507 e. The van der Waals surface area contributed by atoms with Crippen LogP contribution in [-0.2, 0) is 0 Å². The van der Waals surface area contributed by atoms with E-state index in [1.54, 1.807) is 31.5 Å². The number of phenols is 1.